The lowest BCUT2D eigenvalue weighted by molar-refractivity contribution is -0.137. The number of halogens is 4. The van der Waals surface area contributed by atoms with Gasteiger partial charge in [-0.15, -0.1) is 0 Å². The lowest BCUT2D eigenvalue weighted by Crippen LogP contribution is -2.05. The first-order valence-corrected chi connectivity index (χ1v) is 5.42. The highest BCUT2D eigenvalue weighted by Crippen LogP contribution is 2.32. The topological polar surface area (TPSA) is 0 Å². The highest BCUT2D eigenvalue weighted by molar-refractivity contribution is 7.80. The van der Waals surface area contributed by atoms with Crippen LogP contribution in [0.4, 0.5) is 13.2 Å². The molecule has 0 fully saturated rings. The Morgan fingerprint density at radius 1 is 1.20 bits per heavy atom. The van der Waals surface area contributed by atoms with Crippen LogP contribution in [0.5, 0.6) is 0 Å². The molecule has 0 atom stereocenters. The summed E-state index contributed by atoms with van der Waals surface area (Å²) in [6.45, 7) is 0. The van der Waals surface area contributed by atoms with E-state index in [9.17, 15) is 13.2 Å². The minimum absolute atomic E-state index is 0.124. The van der Waals surface area contributed by atoms with E-state index in [4.69, 9.17) is 11.6 Å². The van der Waals surface area contributed by atoms with Crippen LogP contribution in [0.3, 0.4) is 0 Å². The summed E-state index contributed by atoms with van der Waals surface area (Å²) in [6, 6.07) is 3.63. The maximum atomic E-state index is 12.4. The first kappa shape index (κ1) is 12.7. The molecule has 1 rings (SSSR count). The molecule has 0 saturated heterocycles. The van der Waals surface area contributed by atoms with E-state index in [1.54, 1.807) is 6.07 Å². The summed E-state index contributed by atoms with van der Waals surface area (Å²) in [7, 11) is 0. The van der Waals surface area contributed by atoms with Crippen LogP contribution in [0.15, 0.2) is 18.2 Å². The lowest BCUT2D eigenvalue weighted by Gasteiger charge is -2.09. The van der Waals surface area contributed by atoms with Gasteiger partial charge < -0.3 is 0 Å². The van der Waals surface area contributed by atoms with Crippen molar-refractivity contribution in [3.05, 3.63) is 34.3 Å². The van der Waals surface area contributed by atoms with E-state index in [0.29, 0.717) is 17.7 Å². The van der Waals surface area contributed by atoms with Crippen LogP contribution in [-0.2, 0) is 12.6 Å². The number of hydrogen-bond acceptors (Lipinski definition) is 1. The van der Waals surface area contributed by atoms with Crippen molar-refractivity contribution in [1.29, 1.82) is 0 Å². The molecular weight excluding hydrogens is 245 g/mol. The predicted octanol–water partition coefficient (Wildman–Crippen LogP) is 4.22. The molecule has 0 amide bonds. The van der Waals surface area contributed by atoms with E-state index in [1.807, 2.05) is 0 Å². The molecule has 15 heavy (non-hydrogen) atoms. The SMILES string of the molecule is FC(F)(F)c1cc(Cl)cc(CCCS)c1. The van der Waals surface area contributed by atoms with Crippen LogP contribution in [0.2, 0.25) is 5.02 Å². The standard InChI is InChI=1S/C10H10ClF3S/c11-9-5-7(2-1-3-15)4-8(6-9)10(12,13)14/h4-6,15H,1-3H2. The monoisotopic (exact) mass is 254 g/mol. The Bertz CT molecular complexity index is 336. The number of hydrogen-bond donors (Lipinski definition) is 1. The highest BCUT2D eigenvalue weighted by Gasteiger charge is 2.30. The average molecular weight is 255 g/mol. The van der Waals surface area contributed by atoms with Gasteiger partial charge in [0.2, 0.25) is 0 Å². The van der Waals surface area contributed by atoms with E-state index in [1.165, 1.54) is 0 Å². The van der Waals surface area contributed by atoms with Crippen molar-refractivity contribution in [1.82, 2.24) is 0 Å². The minimum atomic E-state index is -4.33. The molecule has 0 saturated carbocycles. The smallest absolute Gasteiger partial charge is 0.179 e. The molecule has 1 aromatic carbocycles. The summed E-state index contributed by atoms with van der Waals surface area (Å²) >= 11 is 9.62. The molecule has 84 valence electrons. The fourth-order valence-corrected chi connectivity index (χ4v) is 1.66. The molecule has 5 heteroatoms. The van der Waals surface area contributed by atoms with Gasteiger partial charge in [-0.25, -0.2) is 0 Å². The second kappa shape index (κ2) is 5.12. The average Bonchev–Trinajstić information content (AvgIpc) is 2.12. The molecule has 0 nitrogen and oxygen atoms in total. The molecule has 0 spiro atoms. The van der Waals surface area contributed by atoms with Gasteiger partial charge in [0.05, 0.1) is 5.56 Å². The maximum Gasteiger partial charge on any atom is 0.416 e. The molecule has 0 radical (unpaired) electrons. The van der Waals surface area contributed by atoms with Crippen LogP contribution in [0, 0.1) is 0 Å². The van der Waals surface area contributed by atoms with Crippen LogP contribution >= 0.6 is 24.2 Å². The number of benzene rings is 1. The Balaban J connectivity index is 2.95. The quantitative estimate of drug-likeness (QED) is 0.767. The summed E-state index contributed by atoms with van der Waals surface area (Å²) < 4.78 is 37.2. The van der Waals surface area contributed by atoms with Crippen molar-refractivity contribution in [3.63, 3.8) is 0 Å². The van der Waals surface area contributed by atoms with Gasteiger partial charge in [-0.05, 0) is 42.4 Å². The van der Waals surface area contributed by atoms with E-state index in [0.717, 1.165) is 18.6 Å². The molecule has 1 aromatic rings. The molecular formula is C10H10ClF3S. The Kier molecular flexibility index (Phi) is 4.34. The number of rotatable bonds is 3. The molecule has 0 aliphatic rings. The fraction of sp³-hybridized carbons (Fsp3) is 0.400. The van der Waals surface area contributed by atoms with Crippen molar-refractivity contribution in [2.75, 3.05) is 5.75 Å². The molecule has 0 aromatic heterocycles. The Hall–Kier alpha value is -0.350. The van der Waals surface area contributed by atoms with Gasteiger partial charge in [-0.3, -0.25) is 0 Å². The highest BCUT2D eigenvalue weighted by atomic mass is 35.5. The van der Waals surface area contributed by atoms with Gasteiger partial charge >= 0.3 is 6.18 Å². The molecule has 0 aliphatic carbocycles. The van der Waals surface area contributed by atoms with Crippen LogP contribution in [0.25, 0.3) is 0 Å². The van der Waals surface area contributed by atoms with Gasteiger partial charge in [-0.2, -0.15) is 25.8 Å². The van der Waals surface area contributed by atoms with Crippen molar-refractivity contribution in [2.24, 2.45) is 0 Å². The first-order chi connectivity index (χ1) is 6.93. The lowest BCUT2D eigenvalue weighted by atomic mass is 10.1. The number of aryl methyl sites for hydroxylation is 1. The number of thiol groups is 1. The van der Waals surface area contributed by atoms with E-state index >= 15 is 0 Å². The van der Waals surface area contributed by atoms with Crippen LogP contribution < -0.4 is 0 Å². The van der Waals surface area contributed by atoms with Crippen molar-refractivity contribution in [2.45, 2.75) is 19.0 Å². The van der Waals surface area contributed by atoms with Gasteiger partial charge in [0.15, 0.2) is 0 Å². The molecule has 0 aliphatic heterocycles. The molecule has 0 bridgehead atoms. The van der Waals surface area contributed by atoms with Gasteiger partial charge in [0.25, 0.3) is 0 Å². The van der Waals surface area contributed by atoms with Crippen molar-refractivity contribution < 1.29 is 13.2 Å². The van der Waals surface area contributed by atoms with Gasteiger partial charge in [0.1, 0.15) is 0 Å². The van der Waals surface area contributed by atoms with Crippen molar-refractivity contribution in [3.8, 4) is 0 Å². The minimum Gasteiger partial charge on any atom is -0.179 e. The van der Waals surface area contributed by atoms with E-state index < -0.39 is 11.7 Å². The third-order valence-electron chi connectivity index (χ3n) is 1.91. The summed E-state index contributed by atoms with van der Waals surface area (Å²) in [5.41, 5.74) is -0.0898. The summed E-state index contributed by atoms with van der Waals surface area (Å²) in [5, 5.41) is 0.124. The predicted molar refractivity (Wildman–Crippen MR) is 58.6 cm³/mol. The van der Waals surface area contributed by atoms with Crippen molar-refractivity contribution >= 4 is 24.2 Å². The van der Waals surface area contributed by atoms with Crippen LogP contribution in [0.1, 0.15) is 17.5 Å². The summed E-state index contributed by atoms with van der Waals surface area (Å²) in [5.74, 6) is 0.647. The second-order valence-corrected chi connectivity index (χ2v) is 4.06. The summed E-state index contributed by atoms with van der Waals surface area (Å²) in [4.78, 5) is 0. The van der Waals surface area contributed by atoms with Crippen LogP contribution in [-0.4, -0.2) is 5.75 Å². The first-order valence-electron chi connectivity index (χ1n) is 4.41. The fourth-order valence-electron chi connectivity index (χ4n) is 1.24. The third-order valence-corrected chi connectivity index (χ3v) is 2.44. The van der Waals surface area contributed by atoms with Gasteiger partial charge in [0, 0.05) is 5.02 Å². The number of alkyl halides is 3. The zero-order valence-electron chi connectivity index (χ0n) is 7.81. The zero-order valence-corrected chi connectivity index (χ0v) is 9.46. The second-order valence-electron chi connectivity index (χ2n) is 3.17. The Labute approximate surface area is 96.8 Å². The maximum absolute atomic E-state index is 12.4. The molecule has 0 heterocycles. The van der Waals surface area contributed by atoms with E-state index in [2.05, 4.69) is 12.6 Å². The Morgan fingerprint density at radius 3 is 2.40 bits per heavy atom. The molecule has 0 unspecified atom stereocenters. The molecule has 0 N–H and O–H groups in total. The van der Waals surface area contributed by atoms with Gasteiger partial charge in [-0.1, -0.05) is 11.6 Å². The largest absolute Gasteiger partial charge is 0.416 e. The summed E-state index contributed by atoms with van der Waals surface area (Å²) in [6.07, 6.45) is -3.03. The Morgan fingerprint density at radius 2 is 1.87 bits per heavy atom. The van der Waals surface area contributed by atoms with E-state index in [-0.39, 0.29) is 5.02 Å². The third kappa shape index (κ3) is 3.95. The normalized spacial score (nSPS) is 11.8. The zero-order chi connectivity index (χ0) is 11.5.